The molecule has 0 aliphatic rings. The molecule has 0 unspecified atom stereocenters. The third-order valence-electron chi connectivity index (χ3n) is 1.95. The Hall–Kier alpha value is -1.71. The fourth-order valence-corrected chi connectivity index (χ4v) is 1.26. The second-order valence-electron chi connectivity index (χ2n) is 2.95. The van der Waals surface area contributed by atoms with Crippen LogP contribution in [0.15, 0.2) is 30.5 Å². The Bertz CT molecular complexity index is 471. The van der Waals surface area contributed by atoms with Gasteiger partial charge in [-0.2, -0.15) is 0 Å². The van der Waals surface area contributed by atoms with Gasteiger partial charge in [0, 0.05) is 10.9 Å². The van der Waals surface area contributed by atoms with Crippen LogP contribution >= 0.6 is 0 Å². The molecule has 0 aliphatic carbocycles. The second-order valence-corrected chi connectivity index (χ2v) is 2.95. The highest BCUT2D eigenvalue weighted by Crippen LogP contribution is 2.24. The van der Waals surface area contributed by atoms with E-state index in [9.17, 15) is 8.78 Å². The van der Waals surface area contributed by atoms with Crippen molar-refractivity contribution in [3.8, 4) is 5.75 Å². The van der Waals surface area contributed by atoms with E-state index in [1.54, 1.807) is 0 Å². The maximum Gasteiger partial charge on any atom is 0.263 e. The number of benzene rings is 1. The molecular weight excluding hydrogens is 188 g/mol. The monoisotopic (exact) mass is 195 g/mol. The van der Waals surface area contributed by atoms with Crippen molar-refractivity contribution in [2.75, 3.05) is 0 Å². The lowest BCUT2D eigenvalue weighted by atomic mass is 10.1. The normalized spacial score (nSPS) is 11.1. The Morgan fingerprint density at radius 1 is 1.21 bits per heavy atom. The molecule has 1 aromatic carbocycles. The summed E-state index contributed by atoms with van der Waals surface area (Å²) in [5, 5.41) is 9.75. The standard InChI is InChI=1S/C10H7F2NO/c11-10(12)7-2-1-6-3-8(14)5-13-9(6)4-7/h1-5,10,14H. The topological polar surface area (TPSA) is 33.1 Å². The van der Waals surface area contributed by atoms with Crippen LogP contribution in [-0.2, 0) is 0 Å². The molecule has 0 radical (unpaired) electrons. The van der Waals surface area contributed by atoms with Crippen molar-refractivity contribution in [3.63, 3.8) is 0 Å². The molecule has 1 aromatic heterocycles. The minimum atomic E-state index is -2.49. The number of aromatic hydroxyl groups is 1. The van der Waals surface area contributed by atoms with Crippen LogP contribution in [0.5, 0.6) is 5.75 Å². The third kappa shape index (κ3) is 1.51. The van der Waals surface area contributed by atoms with Crippen LogP contribution in [-0.4, -0.2) is 10.1 Å². The van der Waals surface area contributed by atoms with Gasteiger partial charge in [0.2, 0.25) is 0 Å². The summed E-state index contributed by atoms with van der Waals surface area (Å²) in [4.78, 5) is 3.84. The lowest BCUT2D eigenvalue weighted by molar-refractivity contribution is 0.151. The molecule has 2 aromatic rings. The first-order chi connectivity index (χ1) is 6.66. The summed E-state index contributed by atoms with van der Waals surface area (Å²) in [6, 6.07) is 5.65. The molecule has 0 saturated heterocycles. The Morgan fingerprint density at radius 2 is 2.00 bits per heavy atom. The summed E-state index contributed by atoms with van der Waals surface area (Å²) in [5.74, 6) is 0.0299. The van der Waals surface area contributed by atoms with Crippen molar-refractivity contribution in [1.82, 2.24) is 4.98 Å². The first-order valence-electron chi connectivity index (χ1n) is 4.03. The summed E-state index contributed by atoms with van der Waals surface area (Å²) in [7, 11) is 0. The number of pyridine rings is 1. The molecule has 2 rings (SSSR count). The molecule has 72 valence electrons. The predicted molar refractivity (Wildman–Crippen MR) is 48.4 cm³/mol. The molecule has 14 heavy (non-hydrogen) atoms. The average Bonchev–Trinajstić information content (AvgIpc) is 2.16. The van der Waals surface area contributed by atoms with Gasteiger partial charge in [-0.05, 0) is 12.1 Å². The van der Waals surface area contributed by atoms with E-state index in [2.05, 4.69) is 4.98 Å². The third-order valence-corrected chi connectivity index (χ3v) is 1.95. The predicted octanol–water partition coefficient (Wildman–Crippen LogP) is 2.88. The van der Waals surface area contributed by atoms with Crippen LogP contribution in [0.25, 0.3) is 10.9 Å². The molecule has 0 spiro atoms. The fourth-order valence-electron chi connectivity index (χ4n) is 1.26. The Kier molecular flexibility index (Phi) is 2.04. The molecule has 0 aliphatic heterocycles. The SMILES string of the molecule is Oc1cnc2cc(C(F)F)ccc2c1. The van der Waals surface area contributed by atoms with E-state index in [1.807, 2.05) is 0 Å². The first-order valence-corrected chi connectivity index (χ1v) is 4.03. The van der Waals surface area contributed by atoms with Gasteiger partial charge in [-0.3, -0.25) is 4.98 Å². The van der Waals surface area contributed by atoms with Crippen LogP contribution in [0, 0.1) is 0 Å². The minimum absolute atomic E-state index is 0.0299. The zero-order valence-electron chi connectivity index (χ0n) is 7.11. The number of halogens is 2. The Labute approximate surface area is 78.8 Å². The highest BCUT2D eigenvalue weighted by Gasteiger charge is 2.07. The maximum absolute atomic E-state index is 12.3. The molecule has 1 N–H and O–H groups in total. The molecule has 0 fully saturated rings. The molecule has 0 atom stereocenters. The van der Waals surface area contributed by atoms with Gasteiger partial charge in [0.1, 0.15) is 5.75 Å². The average molecular weight is 195 g/mol. The van der Waals surface area contributed by atoms with E-state index in [0.717, 1.165) is 0 Å². The number of hydrogen-bond donors (Lipinski definition) is 1. The smallest absolute Gasteiger partial charge is 0.263 e. The largest absolute Gasteiger partial charge is 0.506 e. The number of fused-ring (bicyclic) bond motifs is 1. The summed E-state index contributed by atoms with van der Waals surface area (Å²) < 4.78 is 24.6. The lowest BCUT2D eigenvalue weighted by Gasteiger charge is -2.01. The van der Waals surface area contributed by atoms with Crippen LogP contribution < -0.4 is 0 Å². The molecule has 0 saturated carbocycles. The number of aromatic nitrogens is 1. The van der Waals surface area contributed by atoms with Crippen molar-refractivity contribution in [2.45, 2.75) is 6.43 Å². The number of rotatable bonds is 1. The van der Waals surface area contributed by atoms with Gasteiger partial charge in [0.05, 0.1) is 11.7 Å². The van der Waals surface area contributed by atoms with Crippen LogP contribution in [0.1, 0.15) is 12.0 Å². The van der Waals surface area contributed by atoms with Crippen molar-refractivity contribution < 1.29 is 13.9 Å². The maximum atomic E-state index is 12.3. The van der Waals surface area contributed by atoms with E-state index in [0.29, 0.717) is 10.9 Å². The molecule has 2 nitrogen and oxygen atoms in total. The highest BCUT2D eigenvalue weighted by atomic mass is 19.3. The molecule has 0 bridgehead atoms. The van der Waals surface area contributed by atoms with Gasteiger partial charge in [0.15, 0.2) is 0 Å². The minimum Gasteiger partial charge on any atom is -0.506 e. The molecule has 4 heteroatoms. The van der Waals surface area contributed by atoms with E-state index < -0.39 is 6.43 Å². The molecule has 0 amide bonds. The van der Waals surface area contributed by atoms with Gasteiger partial charge in [0.25, 0.3) is 6.43 Å². The van der Waals surface area contributed by atoms with Crippen LogP contribution in [0.2, 0.25) is 0 Å². The molecule has 1 heterocycles. The van der Waals surface area contributed by atoms with Crippen LogP contribution in [0.4, 0.5) is 8.78 Å². The number of alkyl halides is 2. The zero-order valence-corrected chi connectivity index (χ0v) is 7.11. The second kappa shape index (κ2) is 3.21. The van der Waals surface area contributed by atoms with Gasteiger partial charge < -0.3 is 5.11 Å². The Morgan fingerprint density at radius 3 is 2.71 bits per heavy atom. The summed E-state index contributed by atoms with van der Waals surface area (Å²) in [6.07, 6.45) is -1.26. The van der Waals surface area contributed by atoms with Crippen molar-refractivity contribution >= 4 is 10.9 Å². The quantitative estimate of drug-likeness (QED) is 0.758. The summed E-state index contributed by atoms with van der Waals surface area (Å²) in [6.45, 7) is 0. The van der Waals surface area contributed by atoms with Gasteiger partial charge in [-0.1, -0.05) is 12.1 Å². The highest BCUT2D eigenvalue weighted by molar-refractivity contribution is 5.80. The fraction of sp³-hybridized carbons (Fsp3) is 0.100. The van der Waals surface area contributed by atoms with Crippen molar-refractivity contribution in [2.24, 2.45) is 0 Å². The van der Waals surface area contributed by atoms with E-state index in [4.69, 9.17) is 5.11 Å². The number of hydrogen-bond acceptors (Lipinski definition) is 2. The van der Waals surface area contributed by atoms with Gasteiger partial charge in [-0.15, -0.1) is 0 Å². The van der Waals surface area contributed by atoms with Crippen LogP contribution in [0.3, 0.4) is 0 Å². The van der Waals surface area contributed by atoms with E-state index in [1.165, 1.54) is 30.5 Å². The molecular formula is C10H7F2NO. The van der Waals surface area contributed by atoms with Gasteiger partial charge in [-0.25, -0.2) is 8.78 Å². The number of nitrogens with zero attached hydrogens (tertiary/aromatic N) is 1. The van der Waals surface area contributed by atoms with E-state index >= 15 is 0 Å². The lowest BCUT2D eigenvalue weighted by Crippen LogP contribution is -1.85. The first kappa shape index (κ1) is 8.87. The summed E-state index contributed by atoms with van der Waals surface area (Å²) >= 11 is 0. The zero-order chi connectivity index (χ0) is 10.1. The van der Waals surface area contributed by atoms with Crippen molar-refractivity contribution in [3.05, 3.63) is 36.0 Å². The van der Waals surface area contributed by atoms with Gasteiger partial charge >= 0.3 is 0 Å². The summed E-state index contributed by atoms with van der Waals surface area (Å²) in [5.41, 5.74) is 0.399. The van der Waals surface area contributed by atoms with E-state index in [-0.39, 0.29) is 11.3 Å². The Balaban J connectivity index is 2.62. The van der Waals surface area contributed by atoms with Crippen molar-refractivity contribution in [1.29, 1.82) is 0 Å².